The Morgan fingerprint density at radius 2 is 1.97 bits per heavy atom. The summed E-state index contributed by atoms with van der Waals surface area (Å²) in [5.74, 6) is 0.262. The number of para-hydroxylation sites is 1. The van der Waals surface area contributed by atoms with Gasteiger partial charge in [0.1, 0.15) is 10.6 Å². The Labute approximate surface area is 195 Å². The molecule has 8 heteroatoms. The zero-order valence-corrected chi connectivity index (χ0v) is 19.2. The van der Waals surface area contributed by atoms with Crippen molar-refractivity contribution in [2.24, 2.45) is 0 Å². The first-order valence-corrected chi connectivity index (χ1v) is 12.1. The normalized spacial score (nSPS) is 15.1. The minimum Gasteiger partial charge on any atom is -0.467 e. The number of hydrogen-bond acceptors (Lipinski definition) is 5. The van der Waals surface area contributed by atoms with Crippen molar-refractivity contribution in [2.75, 3.05) is 0 Å². The highest BCUT2D eigenvalue weighted by Crippen LogP contribution is 2.31. The Bertz CT molecular complexity index is 1250. The van der Waals surface area contributed by atoms with Gasteiger partial charge in [-0.25, -0.2) is 4.68 Å². The zero-order valence-electron chi connectivity index (χ0n) is 18.4. The number of amides is 2. The van der Waals surface area contributed by atoms with Gasteiger partial charge in [-0.15, -0.1) is 11.3 Å². The van der Waals surface area contributed by atoms with Gasteiger partial charge in [0.25, 0.3) is 5.91 Å². The lowest BCUT2D eigenvalue weighted by atomic mass is 10.1. The molecule has 1 unspecified atom stereocenters. The Kier molecular flexibility index (Phi) is 6.00. The number of aromatic nitrogens is 2. The van der Waals surface area contributed by atoms with Crippen molar-refractivity contribution >= 4 is 33.4 Å². The van der Waals surface area contributed by atoms with Gasteiger partial charge in [0.2, 0.25) is 5.91 Å². The fraction of sp³-hybridized carbons (Fsp3) is 0.320. The molecule has 1 aromatic carbocycles. The molecule has 170 valence electrons. The van der Waals surface area contributed by atoms with Crippen LogP contribution < -0.4 is 10.6 Å². The second-order valence-electron chi connectivity index (χ2n) is 8.46. The molecular formula is C25H26N4O3S. The average Bonchev–Trinajstić information content (AvgIpc) is 3.61. The van der Waals surface area contributed by atoms with Crippen molar-refractivity contribution in [1.29, 1.82) is 0 Å². The molecule has 33 heavy (non-hydrogen) atoms. The van der Waals surface area contributed by atoms with Crippen LogP contribution >= 0.6 is 11.3 Å². The molecule has 4 aromatic rings. The van der Waals surface area contributed by atoms with Gasteiger partial charge in [-0.3, -0.25) is 9.59 Å². The molecule has 1 atom stereocenters. The Balaban J connectivity index is 1.36. The number of carbonyl (C=O) groups is 2. The van der Waals surface area contributed by atoms with E-state index in [0.29, 0.717) is 10.6 Å². The maximum atomic E-state index is 13.2. The number of carbonyl (C=O) groups excluding carboxylic acids is 2. The molecular weight excluding hydrogens is 436 g/mol. The molecule has 2 N–H and O–H groups in total. The molecule has 1 aliphatic carbocycles. The van der Waals surface area contributed by atoms with Crippen LogP contribution in [0.4, 0.5) is 0 Å². The van der Waals surface area contributed by atoms with Crippen LogP contribution in [0.3, 0.4) is 0 Å². The smallest absolute Gasteiger partial charge is 0.262 e. The molecule has 0 spiro atoms. The van der Waals surface area contributed by atoms with E-state index in [1.54, 1.807) is 18.4 Å². The summed E-state index contributed by atoms with van der Waals surface area (Å²) in [5, 5.41) is 11.7. The maximum Gasteiger partial charge on any atom is 0.262 e. The van der Waals surface area contributed by atoms with Crippen LogP contribution in [0.2, 0.25) is 0 Å². The molecule has 5 rings (SSSR count). The Hall–Kier alpha value is -3.39. The van der Waals surface area contributed by atoms with E-state index in [4.69, 9.17) is 4.42 Å². The number of hydrogen-bond donors (Lipinski definition) is 2. The molecule has 1 fully saturated rings. The second-order valence-corrected chi connectivity index (χ2v) is 9.49. The third kappa shape index (κ3) is 4.57. The standard InChI is InChI=1S/C25H26N4O3S/c1-16-19-14-22(33-25(19)29(28-16)18-10-3-2-4-11-18)24(31)27-20(21-12-7-13-32-21)15-23(30)26-17-8-5-6-9-17/h2-4,7,10-14,17,20H,5-6,8-9,15H2,1H3,(H,26,30)(H,27,31). The molecule has 1 saturated carbocycles. The van der Waals surface area contributed by atoms with E-state index < -0.39 is 6.04 Å². The third-order valence-electron chi connectivity index (χ3n) is 6.07. The van der Waals surface area contributed by atoms with Gasteiger partial charge in [0.15, 0.2) is 0 Å². The molecule has 2 amide bonds. The lowest BCUT2D eigenvalue weighted by Crippen LogP contribution is -2.37. The summed E-state index contributed by atoms with van der Waals surface area (Å²) in [6, 6.07) is 15.0. The summed E-state index contributed by atoms with van der Waals surface area (Å²) >= 11 is 1.39. The van der Waals surface area contributed by atoms with Crippen molar-refractivity contribution < 1.29 is 14.0 Å². The van der Waals surface area contributed by atoms with Crippen molar-refractivity contribution in [2.45, 2.75) is 51.1 Å². The average molecular weight is 463 g/mol. The second kappa shape index (κ2) is 9.23. The van der Waals surface area contributed by atoms with E-state index in [-0.39, 0.29) is 24.3 Å². The van der Waals surface area contributed by atoms with Gasteiger partial charge in [-0.2, -0.15) is 5.10 Å². The van der Waals surface area contributed by atoms with Crippen molar-refractivity contribution in [3.8, 4) is 5.69 Å². The van der Waals surface area contributed by atoms with Gasteiger partial charge in [-0.05, 0) is 50.1 Å². The van der Waals surface area contributed by atoms with Crippen LogP contribution in [0.5, 0.6) is 0 Å². The minimum atomic E-state index is -0.536. The number of benzene rings is 1. The lowest BCUT2D eigenvalue weighted by molar-refractivity contribution is -0.122. The van der Waals surface area contributed by atoms with E-state index in [2.05, 4.69) is 15.7 Å². The van der Waals surface area contributed by atoms with E-state index >= 15 is 0 Å². The summed E-state index contributed by atoms with van der Waals surface area (Å²) in [5.41, 5.74) is 1.81. The van der Waals surface area contributed by atoms with Gasteiger partial charge < -0.3 is 15.1 Å². The summed E-state index contributed by atoms with van der Waals surface area (Å²) < 4.78 is 7.40. The van der Waals surface area contributed by atoms with Crippen LogP contribution in [0.1, 0.15) is 59.3 Å². The van der Waals surface area contributed by atoms with Gasteiger partial charge in [-0.1, -0.05) is 31.0 Å². The Morgan fingerprint density at radius 3 is 2.70 bits per heavy atom. The first-order chi connectivity index (χ1) is 16.1. The van der Waals surface area contributed by atoms with Crippen LogP contribution in [0.25, 0.3) is 15.9 Å². The van der Waals surface area contributed by atoms with E-state index in [1.165, 1.54) is 11.3 Å². The van der Waals surface area contributed by atoms with Crippen molar-refractivity contribution in [3.63, 3.8) is 0 Å². The topological polar surface area (TPSA) is 89.2 Å². The van der Waals surface area contributed by atoms with Crippen LogP contribution in [-0.2, 0) is 4.79 Å². The summed E-state index contributed by atoms with van der Waals surface area (Å²) in [4.78, 5) is 27.3. The molecule has 0 aliphatic heterocycles. The van der Waals surface area contributed by atoms with Crippen LogP contribution in [0, 0.1) is 6.92 Å². The van der Waals surface area contributed by atoms with Crippen LogP contribution in [-0.4, -0.2) is 27.6 Å². The molecule has 0 saturated heterocycles. The molecule has 7 nitrogen and oxygen atoms in total. The quantitative estimate of drug-likeness (QED) is 0.408. The number of furan rings is 1. The highest BCUT2D eigenvalue weighted by atomic mass is 32.1. The fourth-order valence-corrected chi connectivity index (χ4v) is 5.47. The van der Waals surface area contributed by atoms with Crippen molar-refractivity contribution in [1.82, 2.24) is 20.4 Å². The van der Waals surface area contributed by atoms with E-state index in [9.17, 15) is 9.59 Å². The largest absolute Gasteiger partial charge is 0.467 e. The number of nitrogens with zero attached hydrogens (tertiary/aromatic N) is 2. The summed E-state index contributed by atoms with van der Waals surface area (Å²) in [6.07, 6.45) is 6.02. The van der Waals surface area contributed by atoms with Crippen LogP contribution in [0.15, 0.2) is 59.2 Å². The first-order valence-electron chi connectivity index (χ1n) is 11.3. The first kappa shape index (κ1) is 21.5. The number of fused-ring (bicyclic) bond motifs is 1. The van der Waals surface area contributed by atoms with Gasteiger partial charge >= 0.3 is 0 Å². The zero-order chi connectivity index (χ0) is 22.8. The van der Waals surface area contributed by atoms with Gasteiger partial charge in [0, 0.05) is 11.4 Å². The molecule has 3 heterocycles. The van der Waals surface area contributed by atoms with E-state index in [0.717, 1.165) is 47.3 Å². The Morgan fingerprint density at radius 1 is 1.18 bits per heavy atom. The molecule has 0 bridgehead atoms. The number of nitrogens with one attached hydrogen (secondary N) is 2. The minimum absolute atomic E-state index is 0.0736. The number of rotatable bonds is 7. The predicted molar refractivity (Wildman–Crippen MR) is 128 cm³/mol. The molecule has 0 radical (unpaired) electrons. The highest BCUT2D eigenvalue weighted by molar-refractivity contribution is 7.20. The number of aryl methyl sites for hydroxylation is 1. The lowest BCUT2D eigenvalue weighted by Gasteiger charge is -2.18. The van der Waals surface area contributed by atoms with E-state index in [1.807, 2.05) is 48.0 Å². The van der Waals surface area contributed by atoms with Crippen molar-refractivity contribution in [3.05, 3.63) is 71.1 Å². The summed E-state index contributed by atoms with van der Waals surface area (Å²) in [6.45, 7) is 1.94. The fourth-order valence-electron chi connectivity index (χ4n) is 4.39. The SMILES string of the molecule is Cc1nn(-c2ccccc2)c2sc(C(=O)NC(CC(=O)NC3CCCC3)c3ccco3)cc12. The monoisotopic (exact) mass is 462 g/mol. The summed E-state index contributed by atoms with van der Waals surface area (Å²) in [7, 11) is 0. The predicted octanol–water partition coefficient (Wildman–Crippen LogP) is 4.91. The molecule has 3 aromatic heterocycles. The third-order valence-corrected chi connectivity index (χ3v) is 7.18. The number of thiophene rings is 1. The molecule has 1 aliphatic rings. The van der Waals surface area contributed by atoms with Gasteiger partial charge in [0.05, 0.1) is 35.0 Å². The highest BCUT2D eigenvalue weighted by Gasteiger charge is 2.25. The maximum absolute atomic E-state index is 13.2.